The molecule has 28 heavy (non-hydrogen) atoms. The van der Waals surface area contributed by atoms with Crippen LogP contribution in [0.5, 0.6) is 5.75 Å². The van der Waals surface area contributed by atoms with Gasteiger partial charge in [0.25, 0.3) is 0 Å². The summed E-state index contributed by atoms with van der Waals surface area (Å²) in [5.41, 5.74) is 5.64. The van der Waals surface area contributed by atoms with Crippen molar-refractivity contribution in [1.82, 2.24) is 10.3 Å². The number of aryl methyl sites for hydroxylation is 2. The minimum Gasteiger partial charge on any atom is -0.435 e. The first-order valence-corrected chi connectivity index (χ1v) is 10.3. The number of aromatic nitrogens is 1. The maximum absolute atomic E-state index is 12.4. The fourth-order valence-electron chi connectivity index (χ4n) is 3.62. The van der Waals surface area contributed by atoms with Crippen molar-refractivity contribution in [2.45, 2.75) is 45.4 Å². The molecule has 0 saturated heterocycles. The van der Waals surface area contributed by atoms with Crippen molar-refractivity contribution < 1.29 is 13.5 Å². The van der Waals surface area contributed by atoms with E-state index in [1.54, 1.807) is 23.5 Å². The predicted octanol–water partition coefficient (Wildman–Crippen LogP) is 5.89. The molecule has 0 radical (unpaired) electrons. The highest BCUT2D eigenvalue weighted by atomic mass is 32.1. The lowest BCUT2D eigenvalue weighted by molar-refractivity contribution is -0.0499. The molecule has 4 rings (SSSR count). The van der Waals surface area contributed by atoms with Crippen molar-refractivity contribution in [2.75, 3.05) is 0 Å². The van der Waals surface area contributed by atoms with E-state index in [1.165, 1.54) is 11.1 Å². The molecule has 0 fully saturated rings. The molecular weight excluding hydrogens is 378 g/mol. The minimum atomic E-state index is -2.79. The van der Waals surface area contributed by atoms with E-state index in [0.29, 0.717) is 6.54 Å². The Balaban J connectivity index is 1.43. The lowest BCUT2D eigenvalue weighted by Gasteiger charge is -2.26. The second-order valence-corrected chi connectivity index (χ2v) is 7.93. The molecular formula is C22H22F2N2OS. The van der Waals surface area contributed by atoms with Crippen molar-refractivity contribution in [2.24, 2.45) is 0 Å². The summed E-state index contributed by atoms with van der Waals surface area (Å²) in [7, 11) is 0. The summed E-state index contributed by atoms with van der Waals surface area (Å²) in [6.07, 6.45) is 2.94. The summed E-state index contributed by atoms with van der Waals surface area (Å²) in [6, 6.07) is 13.9. The topological polar surface area (TPSA) is 34.2 Å². The first-order valence-electron chi connectivity index (χ1n) is 9.41. The standard InChI is InChI=1S/C22H22F2N2OS/c1-14-5-7-15(8-6-14)21-26-17(13-28-21)12-25-20-4-2-3-16-11-18(27-22(23)24)9-10-19(16)20/h5-11,13,20,22,25H,2-4,12H2,1H3. The van der Waals surface area contributed by atoms with Crippen LogP contribution < -0.4 is 10.1 Å². The fraction of sp³-hybridized carbons (Fsp3) is 0.318. The van der Waals surface area contributed by atoms with Gasteiger partial charge in [-0.05, 0) is 49.4 Å². The molecule has 1 aliphatic carbocycles. The van der Waals surface area contributed by atoms with E-state index in [2.05, 4.69) is 46.6 Å². The van der Waals surface area contributed by atoms with Gasteiger partial charge in [-0.15, -0.1) is 11.3 Å². The Labute approximate surface area is 167 Å². The molecule has 1 heterocycles. The normalized spacial score (nSPS) is 16.2. The molecule has 1 aromatic heterocycles. The minimum absolute atomic E-state index is 0.203. The van der Waals surface area contributed by atoms with Crippen LogP contribution in [0.2, 0.25) is 0 Å². The second-order valence-electron chi connectivity index (χ2n) is 7.07. The fourth-order valence-corrected chi connectivity index (χ4v) is 4.45. The molecule has 2 aromatic carbocycles. The highest BCUT2D eigenvalue weighted by molar-refractivity contribution is 7.13. The van der Waals surface area contributed by atoms with Gasteiger partial charge in [0, 0.05) is 23.5 Å². The Hall–Kier alpha value is -2.31. The van der Waals surface area contributed by atoms with Crippen LogP contribution >= 0.6 is 11.3 Å². The zero-order valence-electron chi connectivity index (χ0n) is 15.6. The lowest BCUT2D eigenvalue weighted by atomic mass is 9.87. The maximum Gasteiger partial charge on any atom is 0.387 e. The van der Waals surface area contributed by atoms with Crippen LogP contribution in [0.1, 0.15) is 41.3 Å². The smallest absolute Gasteiger partial charge is 0.387 e. The summed E-state index contributed by atoms with van der Waals surface area (Å²) in [5.74, 6) is 0.233. The maximum atomic E-state index is 12.4. The number of ether oxygens (including phenoxy) is 1. The van der Waals surface area contributed by atoms with Gasteiger partial charge in [0.2, 0.25) is 0 Å². The Morgan fingerprint density at radius 3 is 2.82 bits per heavy atom. The summed E-state index contributed by atoms with van der Waals surface area (Å²) in [5, 5.41) is 6.70. The van der Waals surface area contributed by atoms with E-state index >= 15 is 0 Å². The van der Waals surface area contributed by atoms with Crippen molar-refractivity contribution in [3.8, 4) is 16.3 Å². The summed E-state index contributed by atoms with van der Waals surface area (Å²) < 4.78 is 29.4. The zero-order chi connectivity index (χ0) is 19.5. The molecule has 146 valence electrons. The van der Waals surface area contributed by atoms with Gasteiger partial charge in [-0.2, -0.15) is 8.78 Å². The van der Waals surface area contributed by atoms with Crippen LogP contribution in [0.3, 0.4) is 0 Å². The quantitative estimate of drug-likeness (QED) is 0.560. The molecule has 3 nitrogen and oxygen atoms in total. The van der Waals surface area contributed by atoms with Crippen LogP contribution in [-0.2, 0) is 13.0 Å². The average molecular weight is 400 g/mol. The van der Waals surface area contributed by atoms with Crippen molar-refractivity contribution in [3.63, 3.8) is 0 Å². The third-order valence-corrected chi connectivity index (χ3v) is 5.97. The molecule has 1 aliphatic rings. The molecule has 1 unspecified atom stereocenters. The molecule has 1 N–H and O–H groups in total. The third kappa shape index (κ3) is 4.39. The Bertz CT molecular complexity index is 940. The highest BCUT2D eigenvalue weighted by Gasteiger charge is 2.21. The van der Waals surface area contributed by atoms with Gasteiger partial charge in [-0.25, -0.2) is 4.98 Å². The van der Waals surface area contributed by atoms with Crippen LogP contribution in [0.25, 0.3) is 10.6 Å². The second kappa shape index (κ2) is 8.37. The molecule has 0 amide bonds. The zero-order valence-corrected chi connectivity index (χ0v) is 16.4. The van der Waals surface area contributed by atoms with E-state index in [-0.39, 0.29) is 11.8 Å². The highest BCUT2D eigenvalue weighted by Crippen LogP contribution is 2.33. The number of hydrogen-bond donors (Lipinski definition) is 1. The average Bonchev–Trinajstić information content (AvgIpc) is 3.15. The van der Waals surface area contributed by atoms with Gasteiger partial charge < -0.3 is 10.1 Å². The number of thiazole rings is 1. The molecule has 3 aromatic rings. The molecule has 1 atom stereocenters. The van der Waals surface area contributed by atoms with Gasteiger partial charge in [-0.3, -0.25) is 0 Å². The van der Waals surface area contributed by atoms with Crippen LogP contribution in [0, 0.1) is 6.92 Å². The van der Waals surface area contributed by atoms with Crippen LogP contribution in [0.4, 0.5) is 8.78 Å². The predicted molar refractivity (Wildman–Crippen MR) is 108 cm³/mol. The number of fused-ring (bicyclic) bond motifs is 1. The first-order chi connectivity index (χ1) is 13.6. The van der Waals surface area contributed by atoms with Gasteiger partial charge in [0.1, 0.15) is 10.8 Å². The number of hydrogen-bond acceptors (Lipinski definition) is 4. The Morgan fingerprint density at radius 1 is 1.21 bits per heavy atom. The Kier molecular flexibility index (Phi) is 5.69. The van der Waals surface area contributed by atoms with E-state index in [9.17, 15) is 8.78 Å². The number of halogens is 2. The summed E-state index contributed by atoms with van der Waals surface area (Å²) in [4.78, 5) is 4.75. The van der Waals surface area contributed by atoms with E-state index in [0.717, 1.165) is 41.1 Å². The molecule has 0 aliphatic heterocycles. The Morgan fingerprint density at radius 2 is 2.04 bits per heavy atom. The van der Waals surface area contributed by atoms with Crippen LogP contribution in [0.15, 0.2) is 47.8 Å². The van der Waals surface area contributed by atoms with Crippen LogP contribution in [-0.4, -0.2) is 11.6 Å². The van der Waals surface area contributed by atoms with Gasteiger partial charge in [0.15, 0.2) is 0 Å². The number of nitrogens with zero attached hydrogens (tertiary/aromatic N) is 1. The number of nitrogens with one attached hydrogen (secondary N) is 1. The van der Waals surface area contributed by atoms with E-state index < -0.39 is 6.61 Å². The largest absolute Gasteiger partial charge is 0.435 e. The molecule has 6 heteroatoms. The summed E-state index contributed by atoms with van der Waals surface area (Å²) in [6.45, 7) is -0.0317. The molecule has 0 spiro atoms. The number of rotatable bonds is 6. The van der Waals surface area contributed by atoms with Crippen molar-refractivity contribution in [1.29, 1.82) is 0 Å². The SMILES string of the molecule is Cc1ccc(-c2nc(CNC3CCCc4cc(OC(F)F)ccc43)cs2)cc1. The first kappa shape index (κ1) is 19.0. The van der Waals surface area contributed by atoms with E-state index in [4.69, 9.17) is 4.98 Å². The van der Waals surface area contributed by atoms with Gasteiger partial charge in [0.05, 0.1) is 5.69 Å². The van der Waals surface area contributed by atoms with E-state index in [1.807, 2.05) is 6.07 Å². The number of benzene rings is 2. The lowest BCUT2D eigenvalue weighted by Crippen LogP contribution is -2.25. The van der Waals surface area contributed by atoms with Gasteiger partial charge >= 0.3 is 6.61 Å². The van der Waals surface area contributed by atoms with Gasteiger partial charge in [-0.1, -0.05) is 35.9 Å². The summed E-state index contributed by atoms with van der Waals surface area (Å²) >= 11 is 1.65. The monoisotopic (exact) mass is 400 g/mol. The molecule has 0 bridgehead atoms. The number of alkyl halides is 2. The third-order valence-electron chi connectivity index (χ3n) is 5.03. The van der Waals surface area contributed by atoms with Crippen molar-refractivity contribution in [3.05, 3.63) is 70.2 Å². The van der Waals surface area contributed by atoms with Crippen molar-refractivity contribution >= 4 is 11.3 Å². The molecule has 0 saturated carbocycles.